The molecule has 32 heavy (non-hydrogen) atoms. The Morgan fingerprint density at radius 2 is 1.75 bits per heavy atom. The van der Waals surface area contributed by atoms with Crippen LogP contribution in [-0.4, -0.2) is 62.8 Å². The maximum Gasteiger partial charge on any atom is 0.248 e. The van der Waals surface area contributed by atoms with E-state index in [1.807, 2.05) is 29.2 Å². The highest BCUT2D eigenvalue weighted by atomic mass is 16.5. The monoisotopic (exact) mass is 438 g/mol. The van der Waals surface area contributed by atoms with Gasteiger partial charge in [0, 0.05) is 49.7 Å². The zero-order chi connectivity index (χ0) is 22.3. The Morgan fingerprint density at radius 3 is 2.44 bits per heavy atom. The molecule has 2 aliphatic rings. The molecular formula is C25H34N4O3. The van der Waals surface area contributed by atoms with E-state index in [1.165, 1.54) is 5.69 Å². The van der Waals surface area contributed by atoms with Crippen LogP contribution in [0, 0.1) is 0 Å². The third-order valence-electron chi connectivity index (χ3n) is 6.47. The topological polar surface area (TPSA) is 80.1 Å². The number of para-hydroxylation sites is 1. The molecule has 1 aliphatic heterocycles. The van der Waals surface area contributed by atoms with E-state index in [0.29, 0.717) is 17.5 Å². The molecule has 0 unspecified atom stereocenters. The van der Waals surface area contributed by atoms with Crippen molar-refractivity contribution >= 4 is 23.0 Å². The Hall–Kier alpha value is -2.93. The molecule has 1 aliphatic carbocycles. The van der Waals surface area contributed by atoms with E-state index < -0.39 is 0 Å². The lowest BCUT2D eigenvalue weighted by Gasteiger charge is -2.36. The van der Waals surface area contributed by atoms with Gasteiger partial charge in [-0.25, -0.2) is 0 Å². The number of ether oxygens (including phenoxy) is 2. The molecule has 0 radical (unpaired) electrons. The number of nitrogens with two attached hydrogens (primary N) is 1. The van der Waals surface area contributed by atoms with Crippen LogP contribution in [0.4, 0.5) is 17.1 Å². The molecule has 7 heteroatoms. The molecular weight excluding hydrogens is 404 g/mol. The third-order valence-corrected chi connectivity index (χ3v) is 6.47. The number of hydrogen-bond acceptors (Lipinski definition) is 6. The summed E-state index contributed by atoms with van der Waals surface area (Å²) in [4.78, 5) is 16.9. The van der Waals surface area contributed by atoms with Crippen LogP contribution in [0.15, 0.2) is 48.5 Å². The second-order valence-corrected chi connectivity index (χ2v) is 8.59. The summed E-state index contributed by atoms with van der Waals surface area (Å²) in [7, 11) is 1.63. The van der Waals surface area contributed by atoms with Crippen LogP contribution in [0.2, 0.25) is 0 Å². The van der Waals surface area contributed by atoms with Crippen molar-refractivity contribution in [3.8, 4) is 5.75 Å². The minimum Gasteiger partial charge on any atom is -0.495 e. The van der Waals surface area contributed by atoms with Gasteiger partial charge in [-0.2, -0.15) is 0 Å². The molecule has 2 aromatic carbocycles. The molecule has 1 saturated carbocycles. The van der Waals surface area contributed by atoms with Gasteiger partial charge in [-0.3, -0.25) is 4.79 Å². The first-order valence-electron chi connectivity index (χ1n) is 11.5. The largest absolute Gasteiger partial charge is 0.495 e. The molecule has 4 rings (SSSR count). The molecule has 0 atom stereocenters. The highest BCUT2D eigenvalue weighted by Gasteiger charge is 2.25. The number of piperazine rings is 1. The van der Waals surface area contributed by atoms with E-state index in [2.05, 4.69) is 34.5 Å². The molecule has 3 N–H and O–H groups in total. The molecule has 1 amide bonds. The van der Waals surface area contributed by atoms with Gasteiger partial charge in [0.25, 0.3) is 0 Å². The predicted octanol–water partition coefficient (Wildman–Crippen LogP) is 3.37. The summed E-state index contributed by atoms with van der Waals surface area (Å²) in [6.07, 6.45) is 4.10. The second kappa shape index (κ2) is 10.6. The quantitative estimate of drug-likeness (QED) is 0.646. The molecule has 0 bridgehead atoms. The minimum absolute atomic E-state index is 0.104. The van der Waals surface area contributed by atoms with E-state index >= 15 is 0 Å². The van der Waals surface area contributed by atoms with Gasteiger partial charge in [-0.15, -0.1) is 0 Å². The summed E-state index contributed by atoms with van der Waals surface area (Å²) in [5.41, 5.74) is 8.77. The highest BCUT2D eigenvalue weighted by molar-refractivity contribution is 5.77. The van der Waals surface area contributed by atoms with Crippen LogP contribution in [0.25, 0.3) is 0 Å². The van der Waals surface area contributed by atoms with Crippen molar-refractivity contribution in [1.29, 1.82) is 0 Å². The molecule has 172 valence electrons. The normalized spacial score (nSPS) is 21.3. The second-order valence-electron chi connectivity index (χ2n) is 8.59. The van der Waals surface area contributed by atoms with Crippen molar-refractivity contribution in [2.45, 2.75) is 37.8 Å². The first kappa shape index (κ1) is 22.3. The zero-order valence-electron chi connectivity index (χ0n) is 18.8. The number of hydrogen-bond donors (Lipinski definition) is 2. The molecule has 1 heterocycles. The van der Waals surface area contributed by atoms with Gasteiger partial charge < -0.3 is 30.3 Å². The standard InChI is InChI=1S/C25H34N4O3/c1-31-24-17-20(9-12-23(24)26)27-19-7-10-22(11-8-19)32-18-25(30)29-15-13-28(14-16-29)21-5-3-2-4-6-21/h2-6,9,12,17,19,22,27H,7-8,10-11,13-16,18,26H2,1H3. The van der Waals surface area contributed by atoms with Gasteiger partial charge >= 0.3 is 0 Å². The lowest BCUT2D eigenvalue weighted by molar-refractivity contribution is -0.139. The predicted molar refractivity (Wildman–Crippen MR) is 128 cm³/mol. The number of amides is 1. The van der Waals surface area contributed by atoms with E-state index in [-0.39, 0.29) is 18.6 Å². The van der Waals surface area contributed by atoms with Gasteiger partial charge in [-0.1, -0.05) is 18.2 Å². The first-order valence-corrected chi connectivity index (χ1v) is 11.5. The van der Waals surface area contributed by atoms with Gasteiger partial charge in [0.05, 0.1) is 18.9 Å². The van der Waals surface area contributed by atoms with Crippen molar-refractivity contribution in [2.24, 2.45) is 0 Å². The number of methoxy groups -OCH3 is 1. The molecule has 0 spiro atoms. The molecule has 2 fully saturated rings. The highest BCUT2D eigenvalue weighted by Crippen LogP contribution is 2.28. The fraction of sp³-hybridized carbons (Fsp3) is 0.480. The van der Waals surface area contributed by atoms with Crippen molar-refractivity contribution in [3.05, 3.63) is 48.5 Å². The number of carbonyl (C=O) groups is 1. The van der Waals surface area contributed by atoms with Crippen LogP contribution in [0.1, 0.15) is 25.7 Å². The van der Waals surface area contributed by atoms with Gasteiger partial charge in [-0.05, 0) is 49.9 Å². The van der Waals surface area contributed by atoms with Gasteiger partial charge in [0.2, 0.25) is 5.91 Å². The van der Waals surface area contributed by atoms with Crippen LogP contribution < -0.4 is 20.7 Å². The van der Waals surface area contributed by atoms with E-state index in [4.69, 9.17) is 15.2 Å². The summed E-state index contributed by atoms with van der Waals surface area (Å²) in [5, 5.41) is 3.57. The van der Waals surface area contributed by atoms with Crippen molar-refractivity contribution < 1.29 is 14.3 Å². The minimum atomic E-state index is 0.104. The lowest BCUT2D eigenvalue weighted by Crippen LogP contribution is -2.50. The maximum atomic E-state index is 12.6. The number of nitrogen functional groups attached to an aromatic ring is 1. The smallest absolute Gasteiger partial charge is 0.248 e. The van der Waals surface area contributed by atoms with E-state index in [9.17, 15) is 4.79 Å². The number of benzene rings is 2. The van der Waals surface area contributed by atoms with Crippen LogP contribution in [0.3, 0.4) is 0 Å². The van der Waals surface area contributed by atoms with Crippen LogP contribution in [-0.2, 0) is 9.53 Å². The Balaban J connectivity index is 1.16. The summed E-state index contributed by atoms with van der Waals surface area (Å²) in [6, 6.07) is 16.6. The number of anilines is 3. The number of nitrogens with one attached hydrogen (secondary N) is 1. The third kappa shape index (κ3) is 5.65. The summed E-state index contributed by atoms with van der Waals surface area (Å²) >= 11 is 0. The Morgan fingerprint density at radius 1 is 1.03 bits per heavy atom. The lowest BCUT2D eigenvalue weighted by atomic mass is 9.92. The number of nitrogens with zero attached hydrogens (tertiary/aromatic N) is 2. The number of carbonyl (C=O) groups excluding carboxylic acids is 1. The SMILES string of the molecule is COc1cc(NC2CCC(OCC(=O)N3CCN(c4ccccc4)CC3)CC2)ccc1N. The van der Waals surface area contributed by atoms with E-state index in [1.54, 1.807) is 7.11 Å². The molecule has 2 aromatic rings. The summed E-state index contributed by atoms with van der Waals surface area (Å²) in [5.74, 6) is 0.794. The average molecular weight is 439 g/mol. The Kier molecular flexibility index (Phi) is 7.37. The molecule has 7 nitrogen and oxygen atoms in total. The Bertz CT molecular complexity index is 876. The average Bonchev–Trinajstić information content (AvgIpc) is 2.85. The molecule has 0 aromatic heterocycles. The molecule has 1 saturated heterocycles. The fourth-order valence-electron chi connectivity index (χ4n) is 4.54. The maximum absolute atomic E-state index is 12.6. The van der Waals surface area contributed by atoms with E-state index in [0.717, 1.165) is 57.5 Å². The first-order chi connectivity index (χ1) is 15.6. The zero-order valence-corrected chi connectivity index (χ0v) is 18.8. The fourth-order valence-corrected chi connectivity index (χ4v) is 4.54. The van der Waals surface area contributed by atoms with Crippen molar-refractivity contribution in [3.63, 3.8) is 0 Å². The number of rotatable bonds is 7. The van der Waals surface area contributed by atoms with Crippen molar-refractivity contribution in [2.75, 3.05) is 55.8 Å². The van der Waals surface area contributed by atoms with Crippen molar-refractivity contribution in [1.82, 2.24) is 4.90 Å². The van der Waals surface area contributed by atoms with Gasteiger partial charge in [0.15, 0.2) is 0 Å². The van der Waals surface area contributed by atoms with Crippen LogP contribution >= 0.6 is 0 Å². The van der Waals surface area contributed by atoms with Gasteiger partial charge in [0.1, 0.15) is 12.4 Å². The summed E-state index contributed by atoms with van der Waals surface area (Å²) < 4.78 is 11.3. The van der Waals surface area contributed by atoms with Crippen LogP contribution in [0.5, 0.6) is 5.75 Å². The summed E-state index contributed by atoms with van der Waals surface area (Å²) in [6.45, 7) is 3.41. The Labute approximate surface area is 190 Å².